The highest BCUT2D eigenvalue weighted by molar-refractivity contribution is 5.91. The van der Waals surface area contributed by atoms with Gasteiger partial charge in [-0.05, 0) is 29.2 Å². The van der Waals surface area contributed by atoms with Crippen LogP contribution < -0.4 is 5.32 Å². The highest BCUT2D eigenvalue weighted by atomic mass is 16.5. The van der Waals surface area contributed by atoms with Gasteiger partial charge in [0, 0.05) is 19.5 Å². The van der Waals surface area contributed by atoms with E-state index in [2.05, 4.69) is 5.32 Å². The van der Waals surface area contributed by atoms with Gasteiger partial charge in [0.15, 0.2) is 0 Å². The number of morpholine rings is 1. The predicted octanol–water partition coefficient (Wildman–Crippen LogP) is 3.10. The van der Waals surface area contributed by atoms with Crippen molar-refractivity contribution in [2.75, 3.05) is 33.4 Å². The maximum atomic E-state index is 13.4. The van der Waals surface area contributed by atoms with Gasteiger partial charge < -0.3 is 19.7 Å². The Morgan fingerprint density at radius 2 is 1.82 bits per heavy atom. The van der Waals surface area contributed by atoms with E-state index in [0.29, 0.717) is 39.1 Å². The summed E-state index contributed by atoms with van der Waals surface area (Å²) in [5.41, 5.74) is 1.01. The summed E-state index contributed by atoms with van der Waals surface area (Å²) in [4.78, 5) is 40.4. The lowest BCUT2D eigenvalue weighted by Gasteiger charge is -2.29. The van der Waals surface area contributed by atoms with Crippen LogP contribution in [0.15, 0.2) is 42.5 Å². The van der Waals surface area contributed by atoms with Gasteiger partial charge in [0.1, 0.15) is 6.04 Å². The molecule has 1 aliphatic rings. The number of carbonyl (C=O) groups is 3. The molecule has 0 aromatic heterocycles. The van der Waals surface area contributed by atoms with Crippen LogP contribution in [0.3, 0.4) is 0 Å². The molecule has 1 saturated heterocycles. The average molecular weight is 455 g/mol. The van der Waals surface area contributed by atoms with Gasteiger partial charge in [-0.15, -0.1) is 0 Å². The number of fused-ring (bicyclic) bond motifs is 1. The number of rotatable bonds is 10. The van der Waals surface area contributed by atoms with E-state index >= 15 is 0 Å². The molecule has 1 unspecified atom stereocenters. The second-order valence-electron chi connectivity index (χ2n) is 8.46. The zero-order valence-corrected chi connectivity index (χ0v) is 19.5. The van der Waals surface area contributed by atoms with E-state index in [1.807, 2.05) is 49.4 Å². The molecule has 0 radical (unpaired) electrons. The molecular formula is C26H34N2O5. The number of nitrogens with zero attached hydrogens (tertiary/aromatic N) is 1. The summed E-state index contributed by atoms with van der Waals surface area (Å²) >= 11 is 0. The monoisotopic (exact) mass is 454 g/mol. The van der Waals surface area contributed by atoms with Crippen molar-refractivity contribution in [3.8, 4) is 0 Å². The first-order chi connectivity index (χ1) is 16.0. The van der Waals surface area contributed by atoms with Gasteiger partial charge in [-0.3, -0.25) is 9.59 Å². The van der Waals surface area contributed by atoms with E-state index in [9.17, 15) is 14.4 Å². The summed E-state index contributed by atoms with van der Waals surface area (Å²) in [5, 5.41) is 5.02. The van der Waals surface area contributed by atoms with Crippen molar-refractivity contribution in [3.05, 3.63) is 48.0 Å². The van der Waals surface area contributed by atoms with Crippen molar-refractivity contribution in [1.82, 2.24) is 10.2 Å². The number of esters is 1. The average Bonchev–Trinajstić information content (AvgIpc) is 2.86. The Hall–Kier alpha value is -2.93. The van der Waals surface area contributed by atoms with Gasteiger partial charge in [-0.1, -0.05) is 62.2 Å². The summed E-state index contributed by atoms with van der Waals surface area (Å²) < 4.78 is 10.2. The molecule has 1 N–H and O–H groups in total. The Bertz CT molecular complexity index is 949. The van der Waals surface area contributed by atoms with E-state index in [4.69, 9.17) is 9.47 Å². The van der Waals surface area contributed by atoms with E-state index in [1.54, 1.807) is 4.90 Å². The molecule has 1 fully saturated rings. The summed E-state index contributed by atoms with van der Waals surface area (Å²) in [6.45, 7) is 4.10. The van der Waals surface area contributed by atoms with Crippen LogP contribution in [0.2, 0.25) is 0 Å². The lowest BCUT2D eigenvalue weighted by atomic mass is 9.91. The van der Waals surface area contributed by atoms with Crippen molar-refractivity contribution in [3.63, 3.8) is 0 Å². The smallest absolute Gasteiger partial charge is 0.328 e. The standard InChI is InChI=1S/C26H34N2O5/c1-3-4-12-23(26(31)32-2)27-25(30)21(18-24(29)28-13-15-33-16-14-28)17-20-10-7-9-19-8-5-6-11-22(19)20/h5-11,21,23H,3-4,12-18H2,1-2H3,(H,27,30)/t21?,23-/m0/s1. The van der Waals surface area contributed by atoms with Crippen LogP contribution in [-0.4, -0.2) is 62.1 Å². The fraction of sp³-hybridized carbons (Fsp3) is 0.500. The molecule has 178 valence electrons. The molecule has 0 aliphatic carbocycles. The maximum Gasteiger partial charge on any atom is 0.328 e. The number of nitrogens with one attached hydrogen (secondary N) is 1. The summed E-state index contributed by atoms with van der Waals surface area (Å²) in [7, 11) is 1.32. The molecule has 1 aliphatic heterocycles. The SMILES string of the molecule is CCCC[C@H](NC(=O)C(CC(=O)N1CCOCC1)Cc1cccc2ccccc12)C(=O)OC. The number of unbranched alkanes of at least 4 members (excludes halogenated alkanes) is 1. The molecule has 7 heteroatoms. The van der Waals surface area contributed by atoms with Crippen LogP contribution in [0.1, 0.15) is 38.2 Å². The minimum absolute atomic E-state index is 0.0677. The van der Waals surface area contributed by atoms with Crippen LogP contribution in [0.5, 0.6) is 0 Å². The van der Waals surface area contributed by atoms with E-state index in [0.717, 1.165) is 29.2 Å². The number of hydrogen-bond donors (Lipinski definition) is 1. The summed E-state index contributed by atoms with van der Waals surface area (Å²) in [6.07, 6.45) is 2.69. The van der Waals surface area contributed by atoms with Gasteiger partial charge in [0.05, 0.1) is 26.2 Å². The minimum atomic E-state index is -0.712. The zero-order chi connectivity index (χ0) is 23.6. The number of ether oxygens (including phenoxy) is 2. The number of carbonyl (C=O) groups excluding carboxylic acids is 3. The van der Waals surface area contributed by atoms with Gasteiger partial charge >= 0.3 is 5.97 Å². The molecule has 0 spiro atoms. The third kappa shape index (κ3) is 6.78. The van der Waals surface area contributed by atoms with Crippen molar-refractivity contribution < 1.29 is 23.9 Å². The van der Waals surface area contributed by atoms with Gasteiger partial charge in [0.25, 0.3) is 0 Å². The number of hydrogen-bond acceptors (Lipinski definition) is 5. The highest BCUT2D eigenvalue weighted by Gasteiger charge is 2.30. The third-order valence-electron chi connectivity index (χ3n) is 6.15. The first-order valence-corrected chi connectivity index (χ1v) is 11.7. The molecule has 1 heterocycles. The molecule has 7 nitrogen and oxygen atoms in total. The fourth-order valence-corrected chi connectivity index (χ4v) is 4.24. The minimum Gasteiger partial charge on any atom is -0.467 e. The van der Waals surface area contributed by atoms with Crippen molar-refractivity contribution in [2.45, 2.75) is 45.1 Å². The summed E-state index contributed by atoms with van der Waals surface area (Å²) in [6, 6.07) is 13.3. The Balaban J connectivity index is 1.82. The van der Waals surface area contributed by atoms with E-state index in [1.165, 1.54) is 7.11 Å². The molecule has 33 heavy (non-hydrogen) atoms. The molecule has 0 saturated carbocycles. The van der Waals surface area contributed by atoms with Crippen molar-refractivity contribution in [2.24, 2.45) is 5.92 Å². The number of amides is 2. The molecule has 3 rings (SSSR count). The Morgan fingerprint density at radius 3 is 2.55 bits per heavy atom. The topological polar surface area (TPSA) is 84.9 Å². The first-order valence-electron chi connectivity index (χ1n) is 11.7. The third-order valence-corrected chi connectivity index (χ3v) is 6.15. The van der Waals surface area contributed by atoms with Gasteiger partial charge in [0.2, 0.25) is 11.8 Å². The number of benzene rings is 2. The van der Waals surface area contributed by atoms with E-state index in [-0.39, 0.29) is 18.2 Å². The molecule has 2 aromatic rings. The lowest BCUT2D eigenvalue weighted by Crippen LogP contribution is -2.47. The highest BCUT2D eigenvalue weighted by Crippen LogP contribution is 2.23. The fourth-order valence-electron chi connectivity index (χ4n) is 4.24. The molecule has 2 atom stereocenters. The van der Waals surface area contributed by atoms with Crippen LogP contribution in [0.4, 0.5) is 0 Å². The maximum absolute atomic E-state index is 13.4. The zero-order valence-electron chi connectivity index (χ0n) is 19.5. The van der Waals surface area contributed by atoms with Crippen molar-refractivity contribution >= 4 is 28.6 Å². The molecular weight excluding hydrogens is 420 g/mol. The largest absolute Gasteiger partial charge is 0.467 e. The van der Waals surface area contributed by atoms with E-state index < -0.39 is 17.9 Å². The Morgan fingerprint density at radius 1 is 1.09 bits per heavy atom. The van der Waals surface area contributed by atoms with Crippen LogP contribution >= 0.6 is 0 Å². The second kappa shape index (κ2) is 12.3. The quantitative estimate of drug-likeness (QED) is 0.558. The second-order valence-corrected chi connectivity index (χ2v) is 8.46. The van der Waals surface area contributed by atoms with Crippen LogP contribution in [-0.2, 0) is 30.3 Å². The predicted molar refractivity (Wildman–Crippen MR) is 127 cm³/mol. The van der Waals surface area contributed by atoms with Crippen LogP contribution in [0.25, 0.3) is 10.8 Å². The Kier molecular flexibility index (Phi) is 9.24. The molecule has 0 bridgehead atoms. The number of methoxy groups -OCH3 is 1. The normalized spacial score (nSPS) is 15.6. The van der Waals surface area contributed by atoms with Crippen molar-refractivity contribution in [1.29, 1.82) is 0 Å². The van der Waals surface area contributed by atoms with Crippen LogP contribution in [0, 0.1) is 5.92 Å². The Labute approximate surface area is 195 Å². The first kappa shape index (κ1) is 24.7. The lowest BCUT2D eigenvalue weighted by molar-refractivity contribution is -0.146. The summed E-state index contributed by atoms with van der Waals surface area (Å²) in [5.74, 6) is -1.42. The van der Waals surface area contributed by atoms with Gasteiger partial charge in [-0.25, -0.2) is 4.79 Å². The molecule has 2 amide bonds. The molecule has 2 aromatic carbocycles. The van der Waals surface area contributed by atoms with Gasteiger partial charge in [-0.2, -0.15) is 0 Å².